The number of nitrogens with one attached hydrogen (secondary N) is 1. The molecule has 2 aromatic rings. The Balaban J connectivity index is 1.31. The van der Waals surface area contributed by atoms with Gasteiger partial charge in [0.25, 0.3) is 0 Å². The number of ether oxygens (including phenoxy) is 1. The van der Waals surface area contributed by atoms with E-state index in [-0.39, 0.29) is 5.91 Å². The van der Waals surface area contributed by atoms with E-state index in [0.29, 0.717) is 31.5 Å². The molecule has 6 nitrogen and oxygen atoms in total. The van der Waals surface area contributed by atoms with Crippen molar-refractivity contribution < 1.29 is 14.1 Å². The Bertz CT molecular complexity index is 777. The number of carbonyl (C=O) groups is 1. The van der Waals surface area contributed by atoms with Crippen LogP contribution in [-0.2, 0) is 21.7 Å². The number of nitrogens with zero attached hydrogens (tertiary/aromatic N) is 2. The second-order valence-corrected chi connectivity index (χ2v) is 8.85. The summed E-state index contributed by atoms with van der Waals surface area (Å²) in [6.45, 7) is 4.67. The van der Waals surface area contributed by atoms with E-state index < -0.39 is 0 Å². The van der Waals surface area contributed by atoms with E-state index in [9.17, 15) is 4.79 Å². The zero-order valence-corrected chi connectivity index (χ0v) is 17.5. The molecule has 7 heteroatoms. The number of carbonyl (C=O) groups excluding carboxylic acids is 1. The van der Waals surface area contributed by atoms with Crippen molar-refractivity contribution in [1.29, 1.82) is 0 Å². The SMILES string of the molecule is O=C(CC1CCNCC1Cc1cc(CSc2ccccc2)on1)N1CCOCC1. The van der Waals surface area contributed by atoms with E-state index in [1.807, 2.05) is 23.1 Å². The lowest BCUT2D eigenvalue weighted by Gasteiger charge is -2.34. The van der Waals surface area contributed by atoms with Gasteiger partial charge in [-0.3, -0.25) is 4.79 Å². The summed E-state index contributed by atoms with van der Waals surface area (Å²) in [5.41, 5.74) is 0.992. The molecule has 2 fully saturated rings. The topological polar surface area (TPSA) is 67.6 Å². The van der Waals surface area contributed by atoms with Gasteiger partial charge in [-0.25, -0.2) is 0 Å². The number of piperidine rings is 1. The van der Waals surface area contributed by atoms with Gasteiger partial charge in [-0.1, -0.05) is 23.4 Å². The summed E-state index contributed by atoms with van der Waals surface area (Å²) in [5, 5.41) is 7.78. The smallest absolute Gasteiger partial charge is 0.223 e. The lowest BCUT2D eigenvalue weighted by atomic mass is 9.81. The first kappa shape index (κ1) is 20.4. The van der Waals surface area contributed by atoms with Gasteiger partial charge in [0.05, 0.1) is 24.7 Å². The lowest BCUT2D eigenvalue weighted by molar-refractivity contribution is -0.136. The third kappa shape index (κ3) is 5.84. The van der Waals surface area contributed by atoms with Crippen molar-refractivity contribution in [1.82, 2.24) is 15.4 Å². The van der Waals surface area contributed by atoms with Crippen LogP contribution < -0.4 is 5.32 Å². The zero-order chi connectivity index (χ0) is 19.9. The van der Waals surface area contributed by atoms with Gasteiger partial charge in [0.2, 0.25) is 5.91 Å². The largest absolute Gasteiger partial charge is 0.378 e. The van der Waals surface area contributed by atoms with Crippen LogP contribution in [0.5, 0.6) is 0 Å². The number of amides is 1. The molecule has 0 aliphatic carbocycles. The molecule has 2 saturated heterocycles. The van der Waals surface area contributed by atoms with Crippen molar-refractivity contribution in [2.24, 2.45) is 11.8 Å². The van der Waals surface area contributed by atoms with E-state index >= 15 is 0 Å². The molecule has 4 rings (SSSR count). The molecule has 0 spiro atoms. The van der Waals surface area contributed by atoms with Crippen LogP contribution in [-0.4, -0.2) is 55.4 Å². The molecule has 2 aliphatic rings. The summed E-state index contributed by atoms with van der Waals surface area (Å²) >= 11 is 1.75. The van der Waals surface area contributed by atoms with E-state index in [4.69, 9.17) is 9.26 Å². The highest BCUT2D eigenvalue weighted by Gasteiger charge is 2.30. The fourth-order valence-electron chi connectivity index (χ4n) is 4.11. The van der Waals surface area contributed by atoms with Gasteiger partial charge in [-0.15, -0.1) is 11.8 Å². The van der Waals surface area contributed by atoms with Gasteiger partial charge in [-0.05, 0) is 49.9 Å². The number of hydrogen-bond donors (Lipinski definition) is 1. The number of rotatable bonds is 7. The van der Waals surface area contributed by atoms with Gasteiger partial charge in [0.15, 0.2) is 0 Å². The maximum absolute atomic E-state index is 12.7. The molecule has 0 bridgehead atoms. The highest BCUT2D eigenvalue weighted by atomic mass is 32.2. The molecule has 1 N–H and O–H groups in total. The van der Waals surface area contributed by atoms with E-state index in [1.54, 1.807) is 11.8 Å². The third-order valence-corrected chi connectivity index (χ3v) is 6.80. The minimum Gasteiger partial charge on any atom is -0.378 e. The Labute approximate surface area is 176 Å². The Morgan fingerprint density at radius 2 is 2.03 bits per heavy atom. The van der Waals surface area contributed by atoms with Crippen LogP contribution in [0.3, 0.4) is 0 Å². The zero-order valence-electron chi connectivity index (χ0n) is 16.7. The maximum atomic E-state index is 12.7. The summed E-state index contributed by atoms with van der Waals surface area (Å²) < 4.78 is 10.9. The number of benzene rings is 1. The maximum Gasteiger partial charge on any atom is 0.223 e. The standard InChI is InChI=1S/C22H29N3O3S/c26-22(25-8-10-27-11-9-25)13-17-6-7-23-15-18(17)12-19-14-20(28-24-19)16-29-21-4-2-1-3-5-21/h1-5,14,17-18,23H,6-13,15-16H2. The predicted molar refractivity (Wildman–Crippen MR) is 113 cm³/mol. The second-order valence-electron chi connectivity index (χ2n) is 7.80. The van der Waals surface area contributed by atoms with Gasteiger partial charge < -0.3 is 19.5 Å². The highest BCUT2D eigenvalue weighted by Crippen LogP contribution is 2.28. The molecule has 29 heavy (non-hydrogen) atoms. The number of thioether (sulfide) groups is 1. The summed E-state index contributed by atoms with van der Waals surface area (Å²) in [4.78, 5) is 15.9. The van der Waals surface area contributed by atoms with Crippen LogP contribution in [0.25, 0.3) is 0 Å². The Hall–Kier alpha value is -1.83. The van der Waals surface area contributed by atoms with Gasteiger partial charge in [-0.2, -0.15) is 0 Å². The molecule has 3 heterocycles. The van der Waals surface area contributed by atoms with E-state index in [0.717, 1.165) is 56.2 Å². The van der Waals surface area contributed by atoms with Crippen molar-refractivity contribution in [2.75, 3.05) is 39.4 Å². The highest BCUT2D eigenvalue weighted by molar-refractivity contribution is 7.98. The molecule has 2 atom stereocenters. The normalized spacial score (nSPS) is 22.6. The van der Waals surface area contributed by atoms with Crippen LogP contribution in [0.4, 0.5) is 0 Å². The molecule has 1 amide bonds. The molecule has 2 aliphatic heterocycles. The molecule has 1 aromatic heterocycles. The minimum atomic E-state index is 0.269. The van der Waals surface area contributed by atoms with Gasteiger partial charge >= 0.3 is 0 Å². The van der Waals surface area contributed by atoms with Crippen LogP contribution in [0.15, 0.2) is 45.8 Å². The number of aromatic nitrogens is 1. The minimum absolute atomic E-state index is 0.269. The first-order valence-corrected chi connectivity index (χ1v) is 11.4. The average Bonchev–Trinajstić information content (AvgIpc) is 3.22. The van der Waals surface area contributed by atoms with Crippen molar-refractivity contribution >= 4 is 17.7 Å². The lowest BCUT2D eigenvalue weighted by Crippen LogP contribution is -2.44. The van der Waals surface area contributed by atoms with Crippen molar-refractivity contribution in [2.45, 2.75) is 29.9 Å². The molecule has 1 aromatic carbocycles. The summed E-state index contributed by atoms with van der Waals surface area (Å²) in [5.74, 6) is 2.75. The summed E-state index contributed by atoms with van der Waals surface area (Å²) in [7, 11) is 0. The first-order chi connectivity index (χ1) is 14.3. The Kier molecular flexibility index (Phi) is 7.24. The van der Waals surface area contributed by atoms with Crippen molar-refractivity contribution in [3.8, 4) is 0 Å². The molecular formula is C22H29N3O3S. The summed E-state index contributed by atoms with van der Waals surface area (Å²) in [6, 6.07) is 12.4. The predicted octanol–water partition coefficient (Wildman–Crippen LogP) is 2.98. The third-order valence-electron chi connectivity index (χ3n) is 5.77. The fourth-order valence-corrected chi connectivity index (χ4v) is 4.91. The van der Waals surface area contributed by atoms with E-state index in [2.05, 4.69) is 28.7 Å². The molecule has 0 saturated carbocycles. The van der Waals surface area contributed by atoms with Crippen LogP contribution in [0.2, 0.25) is 0 Å². The fraction of sp³-hybridized carbons (Fsp3) is 0.545. The van der Waals surface area contributed by atoms with Gasteiger partial charge in [0, 0.05) is 30.5 Å². The van der Waals surface area contributed by atoms with Crippen LogP contribution >= 0.6 is 11.8 Å². The van der Waals surface area contributed by atoms with Crippen molar-refractivity contribution in [3.05, 3.63) is 47.9 Å². The quantitative estimate of drug-likeness (QED) is 0.702. The number of hydrogen-bond acceptors (Lipinski definition) is 6. The van der Waals surface area contributed by atoms with Crippen LogP contribution in [0.1, 0.15) is 24.3 Å². The average molecular weight is 416 g/mol. The molecule has 156 valence electrons. The number of morpholine rings is 1. The van der Waals surface area contributed by atoms with Gasteiger partial charge in [0.1, 0.15) is 5.76 Å². The summed E-state index contributed by atoms with van der Waals surface area (Å²) in [6.07, 6.45) is 2.52. The first-order valence-electron chi connectivity index (χ1n) is 10.5. The molecule has 0 radical (unpaired) electrons. The second kappa shape index (κ2) is 10.3. The molecule has 2 unspecified atom stereocenters. The molecular weight excluding hydrogens is 386 g/mol. The Morgan fingerprint density at radius 1 is 1.21 bits per heavy atom. The van der Waals surface area contributed by atoms with Crippen LogP contribution in [0, 0.1) is 11.8 Å². The Morgan fingerprint density at radius 3 is 2.86 bits per heavy atom. The van der Waals surface area contributed by atoms with Crippen molar-refractivity contribution in [3.63, 3.8) is 0 Å². The monoisotopic (exact) mass is 415 g/mol. The van der Waals surface area contributed by atoms with E-state index in [1.165, 1.54) is 4.90 Å².